The summed E-state index contributed by atoms with van der Waals surface area (Å²) in [6, 6.07) is 5.78. The third-order valence-corrected chi connectivity index (χ3v) is 4.15. The summed E-state index contributed by atoms with van der Waals surface area (Å²) in [5.74, 6) is 1.02. The van der Waals surface area contributed by atoms with Crippen molar-refractivity contribution in [3.05, 3.63) is 28.8 Å². The monoisotopic (exact) mass is 310 g/mol. The Bertz CT molecular complexity index is 493. The Morgan fingerprint density at radius 2 is 2.10 bits per heavy atom. The summed E-state index contributed by atoms with van der Waals surface area (Å²) >= 11 is 6.33. The molecule has 0 aliphatic carbocycles. The molecule has 4 nitrogen and oxygen atoms in total. The molecule has 0 atom stereocenters. The van der Waals surface area contributed by atoms with Gasteiger partial charge in [0.25, 0.3) is 0 Å². The summed E-state index contributed by atoms with van der Waals surface area (Å²) in [4.78, 5) is 15.7. The van der Waals surface area contributed by atoms with E-state index >= 15 is 0 Å². The third-order valence-electron chi connectivity index (χ3n) is 3.79. The lowest BCUT2D eigenvalue weighted by atomic mass is 10.2. The molecule has 0 bridgehead atoms. The fourth-order valence-corrected chi connectivity index (χ4v) is 2.88. The Hall–Kier alpha value is -1.26. The predicted molar refractivity (Wildman–Crippen MR) is 84.8 cm³/mol. The Morgan fingerprint density at radius 1 is 1.29 bits per heavy atom. The van der Waals surface area contributed by atoms with Crippen LogP contribution in [0.15, 0.2) is 18.2 Å². The van der Waals surface area contributed by atoms with Crippen molar-refractivity contribution in [3.63, 3.8) is 0 Å². The second-order valence-corrected chi connectivity index (χ2v) is 5.69. The molecule has 0 spiro atoms. The van der Waals surface area contributed by atoms with Crippen LogP contribution in [0.2, 0.25) is 5.02 Å². The van der Waals surface area contributed by atoms with Crippen molar-refractivity contribution in [1.82, 2.24) is 9.80 Å². The summed E-state index contributed by atoms with van der Waals surface area (Å²) in [5, 5.41) is 0.744. The highest BCUT2D eigenvalue weighted by atomic mass is 35.5. The first-order chi connectivity index (χ1) is 10.1. The molecule has 0 saturated carbocycles. The van der Waals surface area contributed by atoms with E-state index in [-0.39, 0.29) is 5.91 Å². The maximum Gasteiger partial charge on any atom is 0.219 e. The van der Waals surface area contributed by atoms with E-state index in [1.54, 1.807) is 6.92 Å². The van der Waals surface area contributed by atoms with E-state index in [2.05, 4.69) is 4.90 Å². The molecular weight excluding hydrogens is 288 g/mol. The summed E-state index contributed by atoms with van der Waals surface area (Å²) < 4.78 is 5.67. The van der Waals surface area contributed by atoms with Gasteiger partial charge < -0.3 is 9.64 Å². The lowest BCUT2D eigenvalue weighted by Gasteiger charge is -2.22. The molecule has 0 aromatic heterocycles. The van der Waals surface area contributed by atoms with Crippen molar-refractivity contribution in [2.24, 2.45) is 0 Å². The molecule has 1 aliphatic rings. The van der Waals surface area contributed by atoms with Gasteiger partial charge in [0.05, 0.1) is 6.61 Å². The summed E-state index contributed by atoms with van der Waals surface area (Å²) in [6.07, 6.45) is 0.994. The van der Waals surface area contributed by atoms with Gasteiger partial charge in [-0.2, -0.15) is 0 Å². The maximum absolute atomic E-state index is 11.5. The normalized spacial score (nSPS) is 16.6. The fourth-order valence-electron chi connectivity index (χ4n) is 2.65. The lowest BCUT2D eigenvalue weighted by molar-refractivity contribution is -0.128. The van der Waals surface area contributed by atoms with E-state index in [0.717, 1.165) is 55.5 Å². The van der Waals surface area contributed by atoms with Gasteiger partial charge in [-0.15, -0.1) is 0 Å². The first kappa shape index (κ1) is 16.1. The maximum atomic E-state index is 11.5. The zero-order valence-corrected chi connectivity index (χ0v) is 13.5. The molecule has 0 unspecified atom stereocenters. The minimum absolute atomic E-state index is 0.157. The van der Waals surface area contributed by atoms with Crippen molar-refractivity contribution in [2.45, 2.75) is 26.8 Å². The number of ether oxygens (including phenoxy) is 1. The van der Waals surface area contributed by atoms with Crippen molar-refractivity contribution in [1.29, 1.82) is 0 Å². The van der Waals surface area contributed by atoms with E-state index < -0.39 is 0 Å². The SMILES string of the molecule is CCOc1cccc(Cl)c1CN1CCCN(C(C)=O)CC1. The van der Waals surface area contributed by atoms with Gasteiger partial charge in [-0.3, -0.25) is 9.69 Å². The highest BCUT2D eigenvalue weighted by molar-refractivity contribution is 6.31. The largest absolute Gasteiger partial charge is 0.493 e. The van der Waals surface area contributed by atoms with Gasteiger partial charge in [-0.25, -0.2) is 0 Å². The highest BCUT2D eigenvalue weighted by Crippen LogP contribution is 2.28. The number of carbonyl (C=O) groups excluding carboxylic acids is 1. The van der Waals surface area contributed by atoms with Gasteiger partial charge >= 0.3 is 0 Å². The first-order valence-corrected chi connectivity index (χ1v) is 7.87. The molecule has 21 heavy (non-hydrogen) atoms. The van der Waals surface area contributed by atoms with Crippen LogP contribution in [0.4, 0.5) is 0 Å². The predicted octanol–water partition coefficient (Wildman–Crippen LogP) is 2.79. The Morgan fingerprint density at radius 3 is 2.81 bits per heavy atom. The van der Waals surface area contributed by atoms with Crippen LogP contribution in [-0.4, -0.2) is 48.5 Å². The zero-order chi connectivity index (χ0) is 15.2. The molecule has 116 valence electrons. The number of benzene rings is 1. The molecule has 1 aliphatic heterocycles. The third kappa shape index (κ3) is 4.35. The van der Waals surface area contributed by atoms with Crippen LogP contribution >= 0.6 is 11.6 Å². The molecule has 1 amide bonds. The Balaban J connectivity index is 2.06. The van der Waals surface area contributed by atoms with Crippen LogP contribution < -0.4 is 4.74 Å². The molecule has 1 aromatic carbocycles. The topological polar surface area (TPSA) is 32.8 Å². The molecular formula is C16H23ClN2O2. The molecule has 1 saturated heterocycles. The lowest BCUT2D eigenvalue weighted by Crippen LogP contribution is -2.33. The minimum atomic E-state index is 0.157. The van der Waals surface area contributed by atoms with Crippen LogP contribution in [0.3, 0.4) is 0 Å². The number of hydrogen-bond donors (Lipinski definition) is 0. The average Bonchev–Trinajstić information content (AvgIpc) is 2.68. The standard InChI is InChI=1S/C16H23ClN2O2/c1-3-21-16-7-4-6-15(17)14(16)12-18-8-5-9-19(11-10-18)13(2)20/h4,6-7H,3,5,8-12H2,1-2H3. The first-order valence-electron chi connectivity index (χ1n) is 7.50. The molecule has 1 heterocycles. The van der Waals surface area contributed by atoms with E-state index in [9.17, 15) is 4.79 Å². The number of halogens is 1. The van der Waals surface area contributed by atoms with Crippen LogP contribution in [0.1, 0.15) is 25.8 Å². The van der Waals surface area contributed by atoms with Gasteiger partial charge in [0.1, 0.15) is 5.75 Å². The number of hydrogen-bond acceptors (Lipinski definition) is 3. The molecule has 5 heteroatoms. The average molecular weight is 311 g/mol. The molecule has 1 fully saturated rings. The highest BCUT2D eigenvalue weighted by Gasteiger charge is 2.18. The van der Waals surface area contributed by atoms with Gasteiger partial charge in [0, 0.05) is 50.2 Å². The molecule has 2 rings (SSSR count). The molecule has 1 aromatic rings. The Kier molecular flexibility index (Phi) is 5.88. The van der Waals surface area contributed by atoms with Gasteiger partial charge in [-0.1, -0.05) is 17.7 Å². The molecule has 0 radical (unpaired) electrons. The van der Waals surface area contributed by atoms with Crippen LogP contribution in [0.25, 0.3) is 0 Å². The summed E-state index contributed by atoms with van der Waals surface area (Å²) in [7, 11) is 0. The second kappa shape index (κ2) is 7.66. The second-order valence-electron chi connectivity index (χ2n) is 5.29. The smallest absolute Gasteiger partial charge is 0.219 e. The van der Waals surface area contributed by atoms with Gasteiger partial charge in [-0.05, 0) is 25.5 Å². The minimum Gasteiger partial charge on any atom is -0.493 e. The van der Waals surface area contributed by atoms with Crippen molar-refractivity contribution in [3.8, 4) is 5.75 Å². The van der Waals surface area contributed by atoms with Crippen molar-refractivity contribution in [2.75, 3.05) is 32.8 Å². The van der Waals surface area contributed by atoms with E-state index in [4.69, 9.17) is 16.3 Å². The van der Waals surface area contributed by atoms with E-state index in [0.29, 0.717) is 6.61 Å². The number of nitrogens with zero attached hydrogens (tertiary/aromatic N) is 2. The van der Waals surface area contributed by atoms with Gasteiger partial charge in [0.2, 0.25) is 5.91 Å². The number of carbonyl (C=O) groups is 1. The number of rotatable bonds is 4. The zero-order valence-electron chi connectivity index (χ0n) is 12.8. The van der Waals surface area contributed by atoms with Crippen LogP contribution in [0, 0.1) is 0 Å². The van der Waals surface area contributed by atoms with Crippen molar-refractivity contribution >= 4 is 17.5 Å². The van der Waals surface area contributed by atoms with E-state index in [1.165, 1.54) is 0 Å². The van der Waals surface area contributed by atoms with Crippen molar-refractivity contribution < 1.29 is 9.53 Å². The van der Waals surface area contributed by atoms with Gasteiger partial charge in [0.15, 0.2) is 0 Å². The molecule has 0 N–H and O–H groups in total. The van der Waals surface area contributed by atoms with Crippen LogP contribution in [-0.2, 0) is 11.3 Å². The van der Waals surface area contributed by atoms with E-state index in [1.807, 2.05) is 30.0 Å². The Labute approximate surface area is 131 Å². The fraction of sp³-hybridized carbons (Fsp3) is 0.562. The van der Waals surface area contributed by atoms with Crippen LogP contribution in [0.5, 0.6) is 5.75 Å². The quantitative estimate of drug-likeness (QED) is 0.857. The number of amides is 1. The summed E-state index contributed by atoms with van der Waals surface area (Å²) in [5.41, 5.74) is 1.04. The summed E-state index contributed by atoms with van der Waals surface area (Å²) in [6.45, 7) is 8.47.